The molecule has 0 radical (unpaired) electrons. The maximum Gasteiger partial charge on any atom is 0.303 e. The quantitative estimate of drug-likeness (QED) is 0.854. The minimum absolute atomic E-state index is 0.120. The number of carboxylic acid groups (broad SMARTS) is 1. The van der Waals surface area contributed by atoms with Gasteiger partial charge in [0.15, 0.2) is 5.13 Å². The highest BCUT2D eigenvalue weighted by atomic mass is 32.1. The Hall–Kier alpha value is -1.88. The van der Waals surface area contributed by atoms with Gasteiger partial charge in [-0.2, -0.15) is 0 Å². The number of aromatic nitrogens is 1. The number of thiazole rings is 1. The molecular formula is C12H12N2O2S. The summed E-state index contributed by atoms with van der Waals surface area (Å²) in [6, 6.07) is 9.75. The van der Waals surface area contributed by atoms with E-state index in [2.05, 4.69) is 10.3 Å². The average molecular weight is 248 g/mol. The number of hydrogen-bond acceptors (Lipinski definition) is 4. The Morgan fingerprint density at radius 3 is 2.82 bits per heavy atom. The first kappa shape index (κ1) is 11.6. The van der Waals surface area contributed by atoms with Crippen LogP contribution in [-0.4, -0.2) is 16.1 Å². The fourth-order valence-corrected chi connectivity index (χ4v) is 2.12. The lowest BCUT2D eigenvalue weighted by molar-refractivity contribution is -0.136. The van der Waals surface area contributed by atoms with Crippen LogP contribution >= 0.6 is 11.3 Å². The van der Waals surface area contributed by atoms with E-state index < -0.39 is 5.97 Å². The van der Waals surface area contributed by atoms with Crippen molar-refractivity contribution in [1.29, 1.82) is 0 Å². The van der Waals surface area contributed by atoms with Gasteiger partial charge in [-0.1, -0.05) is 18.2 Å². The highest BCUT2D eigenvalue weighted by molar-refractivity contribution is 7.13. The summed E-state index contributed by atoms with van der Waals surface area (Å²) in [5.74, 6) is -0.796. The Bertz CT molecular complexity index is 496. The maximum atomic E-state index is 10.4. The number of carbonyl (C=O) groups is 1. The second kappa shape index (κ2) is 5.45. The summed E-state index contributed by atoms with van der Waals surface area (Å²) in [7, 11) is 0. The number of benzene rings is 1. The number of para-hydroxylation sites is 1. The van der Waals surface area contributed by atoms with Crippen molar-refractivity contribution < 1.29 is 9.90 Å². The molecule has 1 aromatic heterocycles. The monoisotopic (exact) mass is 248 g/mol. The standard InChI is InChI=1S/C12H12N2O2S/c15-11(16)7-6-10-8-17-12(14-10)13-9-4-2-1-3-5-9/h1-5,8H,6-7H2,(H,13,14)(H,15,16). The van der Waals surface area contributed by atoms with Crippen molar-refractivity contribution in [2.24, 2.45) is 0 Å². The Morgan fingerprint density at radius 1 is 1.35 bits per heavy atom. The van der Waals surface area contributed by atoms with Gasteiger partial charge in [-0.3, -0.25) is 4.79 Å². The van der Waals surface area contributed by atoms with Crippen molar-refractivity contribution in [2.45, 2.75) is 12.8 Å². The number of hydrogen-bond donors (Lipinski definition) is 2. The number of aryl methyl sites for hydroxylation is 1. The molecule has 0 saturated heterocycles. The molecule has 4 nitrogen and oxygen atoms in total. The highest BCUT2D eigenvalue weighted by Gasteiger charge is 2.04. The van der Waals surface area contributed by atoms with E-state index in [1.165, 1.54) is 11.3 Å². The first-order chi connectivity index (χ1) is 8.24. The molecule has 2 rings (SSSR count). The van der Waals surface area contributed by atoms with Crippen LogP contribution in [0.2, 0.25) is 0 Å². The zero-order valence-corrected chi connectivity index (χ0v) is 9.91. The molecule has 0 amide bonds. The second-order valence-corrected chi connectivity index (χ2v) is 4.39. The summed E-state index contributed by atoms with van der Waals surface area (Å²) in [5.41, 5.74) is 1.79. The van der Waals surface area contributed by atoms with Crippen molar-refractivity contribution in [3.63, 3.8) is 0 Å². The van der Waals surface area contributed by atoms with Crippen LogP contribution in [0.1, 0.15) is 12.1 Å². The topological polar surface area (TPSA) is 62.2 Å². The van der Waals surface area contributed by atoms with E-state index in [0.29, 0.717) is 6.42 Å². The van der Waals surface area contributed by atoms with Gasteiger partial charge in [-0.05, 0) is 12.1 Å². The maximum absolute atomic E-state index is 10.4. The lowest BCUT2D eigenvalue weighted by Gasteiger charge is -2.00. The van der Waals surface area contributed by atoms with E-state index in [-0.39, 0.29) is 6.42 Å². The van der Waals surface area contributed by atoms with E-state index in [1.54, 1.807) is 0 Å². The molecule has 0 spiro atoms. The van der Waals surface area contributed by atoms with E-state index in [0.717, 1.165) is 16.5 Å². The van der Waals surface area contributed by atoms with E-state index in [1.807, 2.05) is 35.7 Å². The van der Waals surface area contributed by atoms with Crippen molar-refractivity contribution in [3.8, 4) is 0 Å². The zero-order chi connectivity index (χ0) is 12.1. The molecule has 17 heavy (non-hydrogen) atoms. The lowest BCUT2D eigenvalue weighted by Crippen LogP contribution is -1.97. The Morgan fingerprint density at radius 2 is 2.12 bits per heavy atom. The summed E-state index contributed by atoms with van der Waals surface area (Å²) in [6.45, 7) is 0. The number of carboxylic acids is 1. The van der Waals surface area contributed by atoms with Crippen LogP contribution in [0.3, 0.4) is 0 Å². The number of nitrogens with one attached hydrogen (secondary N) is 1. The molecule has 0 fully saturated rings. The normalized spacial score (nSPS) is 10.1. The largest absolute Gasteiger partial charge is 0.481 e. The van der Waals surface area contributed by atoms with Crippen molar-refractivity contribution in [1.82, 2.24) is 4.98 Å². The van der Waals surface area contributed by atoms with Crippen molar-refractivity contribution in [2.75, 3.05) is 5.32 Å². The molecule has 2 aromatic rings. The van der Waals surface area contributed by atoms with Gasteiger partial charge in [0, 0.05) is 17.5 Å². The fraction of sp³-hybridized carbons (Fsp3) is 0.167. The Labute approximate surface area is 103 Å². The van der Waals surface area contributed by atoms with Crippen LogP contribution < -0.4 is 5.32 Å². The molecule has 5 heteroatoms. The molecule has 0 bridgehead atoms. The van der Waals surface area contributed by atoms with Gasteiger partial charge in [-0.25, -0.2) is 4.98 Å². The average Bonchev–Trinajstić information content (AvgIpc) is 2.75. The van der Waals surface area contributed by atoms with E-state index in [4.69, 9.17) is 5.11 Å². The summed E-state index contributed by atoms with van der Waals surface area (Å²) in [4.78, 5) is 14.8. The van der Waals surface area contributed by atoms with Gasteiger partial charge in [0.05, 0.1) is 12.1 Å². The van der Waals surface area contributed by atoms with Gasteiger partial charge in [-0.15, -0.1) is 11.3 Å². The van der Waals surface area contributed by atoms with Crippen LogP contribution in [0.25, 0.3) is 0 Å². The van der Waals surface area contributed by atoms with Crippen molar-refractivity contribution in [3.05, 3.63) is 41.4 Å². The predicted molar refractivity (Wildman–Crippen MR) is 67.8 cm³/mol. The van der Waals surface area contributed by atoms with E-state index in [9.17, 15) is 4.79 Å². The molecule has 0 saturated carbocycles. The first-order valence-corrected chi connectivity index (χ1v) is 6.10. The third-order valence-corrected chi connectivity index (χ3v) is 2.98. The Kier molecular flexibility index (Phi) is 3.72. The zero-order valence-electron chi connectivity index (χ0n) is 9.09. The third kappa shape index (κ3) is 3.57. The van der Waals surface area contributed by atoms with Gasteiger partial charge >= 0.3 is 5.97 Å². The molecule has 2 N–H and O–H groups in total. The van der Waals surface area contributed by atoms with Crippen LogP contribution in [-0.2, 0) is 11.2 Å². The highest BCUT2D eigenvalue weighted by Crippen LogP contribution is 2.21. The molecule has 1 heterocycles. The van der Waals surface area contributed by atoms with Gasteiger partial charge in [0.25, 0.3) is 0 Å². The molecule has 0 unspecified atom stereocenters. The molecular weight excluding hydrogens is 236 g/mol. The first-order valence-electron chi connectivity index (χ1n) is 5.22. The van der Waals surface area contributed by atoms with Crippen LogP contribution in [0.5, 0.6) is 0 Å². The van der Waals surface area contributed by atoms with Gasteiger partial charge in [0.1, 0.15) is 0 Å². The lowest BCUT2D eigenvalue weighted by atomic mass is 10.2. The summed E-state index contributed by atoms with van der Waals surface area (Å²) in [5, 5.41) is 14.4. The molecule has 0 atom stereocenters. The smallest absolute Gasteiger partial charge is 0.303 e. The summed E-state index contributed by atoms with van der Waals surface area (Å²) in [6.07, 6.45) is 0.594. The molecule has 1 aromatic carbocycles. The Balaban J connectivity index is 1.97. The van der Waals surface area contributed by atoms with Crippen LogP contribution in [0.4, 0.5) is 10.8 Å². The third-order valence-electron chi connectivity index (χ3n) is 2.17. The molecule has 0 aliphatic rings. The second-order valence-electron chi connectivity index (χ2n) is 3.53. The predicted octanol–water partition coefficient (Wildman–Crippen LogP) is 2.90. The van der Waals surface area contributed by atoms with Gasteiger partial charge < -0.3 is 10.4 Å². The van der Waals surface area contributed by atoms with E-state index >= 15 is 0 Å². The summed E-state index contributed by atoms with van der Waals surface area (Å²) < 4.78 is 0. The van der Waals surface area contributed by atoms with Crippen LogP contribution in [0.15, 0.2) is 35.7 Å². The minimum Gasteiger partial charge on any atom is -0.481 e. The number of rotatable bonds is 5. The summed E-state index contributed by atoms with van der Waals surface area (Å²) >= 11 is 1.48. The SMILES string of the molecule is O=C(O)CCc1csc(Nc2ccccc2)n1. The van der Waals surface area contributed by atoms with Gasteiger partial charge in [0.2, 0.25) is 0 Å². The molecule has 88 valence electrons. The minimum atomic E-state index is -0.796. The number of nitrogens with zero attached hydrogens (tertiary/aromatic N) is 1. The number of anilines is 2. The van der Waals surface area contributed by atoms with Crippen LogP contribution in [0, 0.1) is 0 Å². The number of aliphatic carboxylic acids is 1. The van der Waals surface area contributed by atoms with Crippen molar-refractivity contribution >= 4 is 28.1 Å². The molecule has 0 aliphatic heterocycles. The fourth-order valence-electron chi connectivity index (χ4n) is 1.36. The molecule has 0 aliphatic carbocycles.